The Labute approximate surface area is 130 Å². The molecule has 2 atom stereocenters. The Bertz CT molecular complexity index is 309. The maximum absolute atomic E-state index is 11.4. The fourth-order valence-electron chi connectivity index (χ4n) is 3.45. The van der Waals surface area contributed by atoms with E-state index in [1.807, 2.05) is 6.92 Å². The first-order valence-corrected chi connectivity index (χ1v) is 8.76. The molecule has 1 aliphatic heterocycles. The van der Waals surface area contributed by atoms with Crippen LogP contribution < -0.4 is 5.32 Å². The molecular formula is C17H34N2O2. The molecule has 21 heavy (non-hydrogen) atoms. The average Bonchev–Trinajstić information content (AvgIpc) is 2.68. The lowest BCUT2D eigenvalue weighted by atomic mass is 9.94. The van der Waals surface area contributed by atoms with Crippen molar-refractivity contribution in [3.05, 3.63) is 0 Å². The predicted octanol–water partition coefficient (Wildman–Crippen LogP) is 3.26. The van der Waals surface area contributed by atoms with E-state index in [0.29, 0.717) is 13.0 Å². The van der Waals surface area contributed by atoms with Gasteiger partial charge >= 0.3 is 5.97 Å². The number of carbonyl (C=O) groups is 1. The molecule has 4 heteroatoms. The summed E-state index contributed by atoms with van der Waals surface area (Å²) < 4.78 is 0. The van der Waals surface area contributed by atoms with Gasteiger partial charge in [-0.15, -0.1) is 0 Å². The lowest BCUT2D eigenvalue weighted by molar-refractivity contribution is -0.144. The van der Waals surface area contributed by atoms with Gasteiger partial charge in [0.1, 0.15) is 5.54 Å². The van der Waals surface area contributed by atoms with Crippen LogP contribution in [0.5, 0.6) is 0 Å². The van der Waals surface area contributed by atoms with Crippen molar-refractivity contribution >= 4 is 5.97 Å². The number of unbranched alkanes of at least 4 members (excludes halogenated alkanes) is 1. The molecule has 2 N–H and O–H groups in total. The van der Waals surface area contributed by atoms with Crippen molar-refractivity contribution in [2.24, 2.45) is 0 Å². The molecule has 2 unspecified atom stereocenters. The summed E-state index contributed by atoms with van der Waals surface area (Å²) in [4.78, 5) is 14.0. The van der Waals surface area contributed by atoms with Crippen LogP contribution in [0.25, 0.3) is 0 Å². The Morgan fingerprint density at radius 1 is 1.29 bits per heavy atom. The minimum Gasteiger partial charge on any atom is -0.480 e. The second-order valence-electron chi connectivity index (χ2n) is 6.57. The van der Waals surface area contributed by atoms with Crippen LogP contribution in [0.3, 0.4) is 0 Å². The maximum Gasteiger partial charge on any atom is 0.323 e. The van der Waals surface area contributed by atoms with Gasteiger partial charge < -0.3 is 15.3 Å². The van der Waals surface area contributed by atoms with Crippen molar-refractivity contribution in [1.29, 1.82) is 0 Å². The molecule has 0 amide bonds. The number of hydrogen-bond donors (Lipinski definition) is 2. The van der Waals surface area contributed by atoms with E-state index in [2.05, 4.69) is 17.1 Å². The van der Waals surface area contributed by atoms with Crippen molar-refractivity contribution in [2.45, 2.75) is 83.7 Å². The lowest BCUT2D eigenvalue weighted by Gasteiger charge is -2.30. The van der Waals surface area contributed by atoms with E-state index in [1.54, 1.807) is 6.92 Å². The van der Waals surface area contributed by atoms with E-state index in [0.717, 1.165) is 25.4 Å². The third-order valence-electron chi connectivity index (χ3n) is 4.88. The molecule has 1 saturated heterocycles. The summed E-state index contributed by atoms with van der Waals surface area (Å²) >= 11 is 0. The zero-order valence-electron chi connectivity index (χ0n) is 14.2. The molecule has 0 aromatic carbocycles. The predicted molar refractivity (Wildman–Crippen MR) is 87.7 cm³/mol. The fourth-order valence-corrected chi connectivity index (χ4v) is 3.45. The fraction of sp³-hybridized carbons (Fsp3) is 0.941. The first-order valence-electron chi connectivity index (χ1n) is 8.76. The maximum atomic E-state index is 11.4. The number of likely N-dealkylation sites (N-methyl/N-ethyl adjacent to an activating group) is 1. The molecule has 0 bridgehead atoms. The summed E-state index contributed by atoms with van der Waals surface area (Å²) in [5, 5.41) is 12.5. The van der Waals surface area contributed by atoms with Gasteiger partial charge in [0, 0.05) is 6.04 Å². The third kappa shape index (κ3) is 5.95. The standard InChI is InChI=1S/C17H34N2O2/c1-4-15-11-7-6-9-13-19(15)14-10-8-12-17(3,16(20)21)18-5-2/h15,18H,4-14H2,1-3H3,(H,20,21). The van der Waals surface area contributed by atoms with E-state index in [-0.39, 0.29) is 0 Å². The Morgan fingerprint density at radius 2 is 2.05 bits per heavy atom. The van der Waals surface area contributed by atoms with Gasteiger partial charge in [-0.1, -0.05) is 26.7 Å². The van der Waals surface area contributed by atoms with Crippen LogP contribution >= 0.6 is 0 Å². The summed E-state index contributed by atoms with van der Waals surface area (Å²) in [5.41, 5.74) is -0.766. The SMILES string of the molecule is CCNC(C)(CCCCN1CCCCCC1CC)C(=O)O. The van der Waals surface area contributed by atoms with Crippen molar-refractivity contribution in [3.8, 4) is 0 Å². The van der Waals surface area contributed by atoms with Crippen molar-refractivity contribution < 1.29 is 9.90 Å². The zero-order valence-corrected chi connectivity index (χ0v) is 14.2. The van der Waals surface area contributed by atoms with E-state index in [9.17, 15) is 9.90 Å². The largest absolute Gasteiger partial charge is 0.480 e. The van der Waals surface area contributed by atoms with Crippen molar-refractivity contribution in [1.82, 2.24) is 10.2 Å². The van der Waals surface area contributed by atoms with Gasteiger partial charge in [0.15, 0.2) is 0 Å². The molecule has 124 valence electrons. The van der Waals surface area contributed by atoms with Crippen LogP contribution in [0.4, 0.5) is 0 Å². The van der Waals surface area contributed by atoms with Crippen LogP contribution in [0.15, 0.2) is 0 Å². The number of nitrogens with zero attached hydrogens (tertiary/aromatic N) is 1. The molecule has 1 fully saturated rings. The number of aliphatic carboxylic acids is 1. The lowest BCUT2D eigenvalue weighted by Crippen LogP contribution is -2.49. The second kappa shape index (κ2) is 9.42. The topological polar surface area (TPSA) is 52.6 Å². The smallest absolute Gasteiger partial charge is 0.323 e. The molecule has 4 nitrogen and oxygen atoms in total. The molecule has 0 aliphatic carbocycles. The molecule has 1 aliphatic rings. The van der Waals surface area contributed by atoms with Crippen LogP contribution in [-0.2, 0) is 4.79 Å². The number of nitrogens with one attached hydrogen (secondary N) is 1. The Morgan fingerprint density at radius 3 is 2.67 bits per heavy atom. The van der Waals surface area contributed by atoms with Gasteiger partial charge in [-0.05, 0) is 65.1 Å². The minimum absolute atomic E-state index is 0.701. The van der Waals surface area contributed by atoms with Crippen LogP contribution in [-0.4, -0.2) is 47.2 Å². The van der Waals surface area contributed by atoms with Crippen LogP contribution in [0.2, 0.25) is 0 Å². The highest BCUT2D eigenvalue weighted by molar-refractivity contribution is 5.78. The number of likely N-dealkylation sites (tertiary alicyclic amines) is 1. The van der Waals surface area contributed by atoms with Crippen LogP contribution in [0, 0.1) is 0 Å². The monoisotopic (exact) mass is 298 g/mol. The van der Waals surface area contributed by atoms with Gasteiger partial charge in [0.05, 0.1) is 0 Å². The van der Waals surface area contributed by atoms with E-state index >= 15 is 0 Å². The summed E-state index contributed by atoms with van der Waals surface area (Å²) in [7, 11) is 0. The Hall–Kier alpha value is -0.610. The second-order valence-corrected chi connectivity index (χ2v) is 6.57. The number of carboxylic acid groups (broad SMARTS) is 1. The Kier molecular flexibility index (Phi) is 8.27. The minimum atomic E-state index is -0.766. The van der Waals surface area contributed by atoms with E-state index < -0.39 is 11.5 Å². The summed E-state index contributed by atoms with van der Waals surface area (Å²) in [6.45, 7) is 9.11. The summed E-state index contributed by atoms with van der Waals surface area (Å²) in [6.07, 6.45) is 9.41. The molecule has 0 aromatic rings. The molecule has 0 saturated carbocycles. The molecule has 1 heterocycles. The zero-order chi connectivity index (χ0) is 15.7. The number of rotatable bonds is 9. The summed E-state index contributed by atoms with van der Waals surface area (Å²) in [5.74, 6) is -0.731. The quantitative estimate of drug-likeness (QED) is 0.642. The van der Waals surface area contributed by atoms with E-state index in [1.165, 1.54) is 38.6 Å². The number of hydrogen-bond acceptors (Lipinski definition) is 3. The average molecular weight is 298 g/mol. The molecule has 0 radical (unpaired) electrons. The van der Waals surface area contributed by atoms with Gasteiger partial charge in [-0.25, -0.2) is 0 Å². The first kappa shape index (κ1) is 18.4. The van der Waals surface area contributed by atoms with Gasteiger partial charge in [-0.3, -0.25) is 4.79 Å². The molecule has 0 aromatic heterocycles. The molecule has 0 spiro atoms. The molecule has 1 rings (SSSR count). The highest BCUT2D eigenvalue weighted by Crippen LogP contribution is 2.20. The first-order chi connectivity index (χ1) is 10.0. The van der Waals surface area contributed by atoms with Crippen molar-refractivity contribution in [2.75, 3.05) is 19.6 Å². The summed E-state index contributed by atoms with van der Waals surface area (Å²) in [6, 6.07) is 0.743. The van der Waals surface area contributed by atoms with Gasteiger partial charge in [0.25, 0.3) is 0 Å². The van der Waals surface area contributed by atoms with Gasteiger partial charge in [-0.2, -0.15) is 0 Å². The number of carboxylic acids is 1. The van der Waals surface area contributed by atoms with Crippen molar-refractivity contribution in [3.63, 3.8) is 0 Å². The highest BCUT2D eigenvalue weighted by Gasteiger charge is 2.31. The highest BCUT2D eigenvalue weighted by atomic mass is 16.4. The van der Waals surface area contributed by atoms with E-state index in [4.69, 9.17) is 0 Å². The van der Waals surface area contributed by atoms with Crippen LogP contribution in [0.1, 0.15) is 72.1 Å². The normalized spacial score (nSPS) is 23.5. The van der Waals surface area contributed by atoms with Gasteiger partial charge in [0.2, 0.25) is 0 Å². The molecular weight excluding hydrogens is 264 g/mol. The Balaban J connectivity index is 2.35. The third-order valence-corrected chi connectivity index (χ3v) is 4.88.